The maximum Gasteiger partial charge on any atom is 0.246 e. The van der Waals surface area contributed by atoms with Gasteiger partial charge in [-0.15, -0.1) is 0 Å². The molecule has 13 heteroatoms. The standard InChI is InChI=1S/C37H40ClFN8O3/c1-21-15-30-27(18-41-44-30)32(22(21)2)33-29(38)17-26-35(34(33)39)43-37(50-20-25-7-5-12-45(25)3)28-19-42-47(36(26)28)24-10-13-46(23(16-24)9-11-40)31(48)8-6-14-49-4/h6,8,15,17-19,23-25H,5,7,9-10,12-14,16,20H2,1-4H3,(H,41,44)/b8-6+/t23-,24+,25+/m1/s1. The van der Waals surface area contributed by atoms with Crippen LogP contribution in [-0.2, 0) is 9.53 Å². The first-order chi connectivity index (χ1) is 24.2. The molecule has 2 aromatic carbocycles. The highest BCUT2D eigenvalue weighted by atomic mass is 35.5. The number of halogens is 2. The van der Waals surface area contributed by atoms with Crippen LogP contribution in [0.3, 0.4) is 0 Å². The summed E-state index contributed by atoms with van der Waals surface area (Å²) in [4.78, 5) is 21.9. The van der Waals surface area contributed by atoms with E-state index in [9.17, 15) is 10.1 Å². The van der Waals surface area contributed by atoms with E-state index in [2.05, 4.69) is 28.2 Å². The number of H-pyrrole nitrogens is 1. The van der Waals surface area contributed by atoms with Crippen LogP contribution in [0, 0.1) is 31.0 Å². The van der Waals surface area contributed by atoms with Gasteiger partial charge in [-0.05, 0) is 76.4 Å². The number of methoxy groups -OCH3 is 1. The Balaban J connectivity index is 1.37. The normalized spacial score (nSPS) is 20.1. The summed E-state index contributed by atoms with van der Waals surface area (Å²) >= 11 is 7.05. The lowest BCUT2D eigenvalue weighted by atomic mass is 9.92. The summed E-state index contributed by atoms with van der Waals surface area (Å²) in [6, 6.07) is 5.74. The second-order valence-corrected chi connectivity index (χ2v) is 13.8. The monoisotopic (exact) mass is 698 g/mol. The van der Waals surface area contributed by atoms with E-state index in [-0.39, 0.29) is 46.6 Å². The molecule has 3 atom stereocenters. The number of carbonyl (C=O) groups excluding carboxylic acids is 1. The molecule has 1 N–H and O–H groups in total. The van der Waals surface area contributed by atoms with Crippen molar-refractivity contribution in [2.45, 2.75) is 64.1 Å². The lowest BCUT2D eigenvalue weighted by molar-refractivity contribution is -0.130. The smallest absolute Gasteiger partial charge is 0.246 e. The van der Waals surface area contributed by atoms with Gasteiger partial charge in [-0.1, -0.05) is 17.7 Å². The number of benzene rings is 2. The topological polar surface area (TPSA) is 125 Å². The largest absolute Gasteiger partial charge is 0.475 e. The molecule has 50 heavy (non-hydrogen) atoms. The predicted octanol–water partition coefficient (Wildman–Crippen LogP) is 6.66. The molecular formula is C37H40ClFN8O3. The highest BCUT2D eigenvalue weighted by Crippen LogP contribution is 2.44. The predicted molar refractivity (Wildman–Crippen MR) is 191 cm³/mol. The second-order valence-electron chi connectivity index (χ2n) is 13.4. The molecule has 2 fully saturated rings. The van der Waals surface area contributed by atoms with Gasteiger partial charge in [0.25, 0.3) is 0 Å². The van der Waals surface area contributed by atoms with Gasteiger partial charge in [0.2, 0.25) is 11.8 Å². The summed E-state index contributed by atoms with van der Waals surface area (Å²) in [5, 5.41) is 24.0. The lowest BCUT2D eigenvalue weighted by Gasteiger charge is -2.38. The Kier molecular flexibility index (Phi) is 9.48. The molecule has 0 spiro atoms. The fourth-order valence-electron chi connectivity index (χ4n) is 7.66. The zero-order chi connectivity index (χ0) is 35.1. The number of piperidine rings is 1. The maximum atomic E-state index is 17.2. The number of likely N-dealkylation sites (N-methyl/N-ethyl adjacent to an activating group) is 1. The number of rotatable bonds is 9. The van der Waals surface area contributed by atoms with Crippen molar-refractivity contribution in [3.63, 3.8) is 0 Å². The van der Waals surface area contributed by atoms with Gasteiger partial charge in [-0.2, -0.15) is 15.5 Å². The Labute approximate surface area is 294 Å². The summed E-state index contributed by atoms with van der Waals surface area (Å²) in [5.74, 6) is -0.398. The molecule has 3 aromatic heterocycles. The SMILES string of the molecule is COC/C=C/C(=O)N1CC[C@H](n2ncc3c(OC[C@@H]4CCCN4C)nc4c(F)c(-c5c(C)c(C)cc6[nH]ncc56)c(Cl)cc4c32)C[C@H]1CC#N. The minimum Gasteiger partial charge on any atom is -0.475 e. The minimum atomic E-state index is -0.549. The summed E-state index contributed by atoms with van der Waals surface area (Å²) in [5.41, 5.74) is 4.38. The number of aryl methyl sites for hydroxylation is 1. The Morgan fingerprint density at radius 1 is 1.16 bits per heavy atom. The lowest BCUT2D eigenvalue weighted by Crippen LogP contribution is -2.46. The van der Waals surface area contributed by atoms with Crippen LogP contribution in [0.15, 0.2) is 36.7 Å². The Morgan fingerprint density at radius 2 is 2.00 bits per heavy atom. The number of hydrogen-bond acceptors (Lipinski definition) is 8. The van der Waals surface area contributed by atoms with Crippen molar-refractivity contribution < 1.29 is 18.7 Å². The van der Waals surface area contributed by atoms with Crippen LogP contribution in [0.5, 0.6) is 5.88 Å². The zero-order valence-electron chi connectivity index (χ0n) is 28.7. The van der Waals surface area contributed by atoms with Crippen LogP contribution in [0.1, 0.15) is 49.3 Å². The van der Waals surface area contributed by atoms with E-state index in [1.54, 1.807) is 36.5 Å². The number of hydrogen-bond donors (Lipinski definition) is 1. The van der Waals surface area contributed by atoms with Crippen LogP contribution >= 0.6 is 11.6 Å². The quantitative estimate of drug-likeness (QED) is 0.170. The highest BCUT2D eigenvalue weighted by Gasteiger charge is 2.34. The van der Waals surface area contributed by atoms with Crippen LogP contribution in [0.2, 0.25) is 5.02 Å². The van der Waals surface area contributed by atoms with Crippen molar-refractivity contribution in [2.75, 3.05) is 40.5 Å². The maximum absolute atomic E-state index is 17.2. The van der Waals surface area contributed by atoms with Crippen LogP contribution in [0.4, 0.5) is 4.39 Å². The third-order valence-corrected chi connectivity index (χ3v) is 10.8. The van der Waals surface area contributed by atoms with Gasteiger partial charge in [0.15, 0.2) is 5.82 Å². The third-order valence-electron chi connectivity index (χ3n) is 10.5. The number of fused-ring (bicyclic) bond motifs is 4. The first kappa shape index (κ1) is 33.9. The first-order valence-corrected chi connectivity index (χ1v) is 17.4. The average Bonchev–Trinajstić information content (AvgIpc) is 3.86. The van der Waals surface area contributed by atoms with Gasteiger partial charge in [-0.25, -0.2) is 9.37 Å². The van der Waals surface area contributed by atoms with E-state index in [1.165, 1.54) is 6.08 Å². The van der Waals surface area contributed by atoms with Crippen molar-refractivity contribution in [2.24, 2.45) is 0 Å². The molecule has 5 aromatic rings. The van der Waals surface area contributed by atoms with Crippen LogP contribution in [-0.4, -0.2) is 93.2 Å². The van der Waals surface area contributed by atoms with Crippen molar-refractivity contribution in [1.29, 1.82) is 5.26 Å². The van der Waals surface area contributed by atoms with Gasteiger partial charge in [0, 0.05) is 53.7 Å². The molecule has 2 saturated heterocycles. The van der Waals surface area contributed by atoms with E-state index >= 15 is 4.39 Å². The van der Waals surface area contributed by atoms with E-state index in [0.717, 1.165) is 41.4 Å². The number of aromatic amines is 1. The molecule has 2 aliphatic heterocycles. The molecule has 1 amide bonds. The highest BCUT2D eigenvalue weighted by molar-refractivity contribution is 6.35. The van der Waals surface area contributed by atoms with Crippen molar-refractivity contribution in [3.05, 3.63) is 58.6 Å². The average molecular weight is 699 g/mol. The molecule has 0 saturated carbocycles. The number of aromatic nitrogens is 5. The fraction of sp³-hybridized carbons (Fsp3) is 0.432. The molecule has 0 unspecified atom stereocenters. The number of amides is 1. The van der Waals surface area contributed by atoms with Gasteiger partial charge >= 0.3 is 0 Å². The van der Waals surface area contributed by atoms with E-state index in [0.29, 0.717) is 60.3 Å². The Morgan fingerprint density at radius 3 is 2.76 bits per heavy atom. The van der Waals surface area contributed by atoms with Crippen molar-refractivity contribution >= 4 is 50.2 Å². The number of pyridine rings is 1. The van der Waals surface area contributed by atoms with Crippen molar-refractivity contribution in [1.82, 2.24) is 34.8 Å². The molecule has 11 nitrogen and oxygen atoms in total. The zero-order valence-corrected chi connectivity index (χ0v) is 29.4. The number of nitrogens with one attached hydrogen (secondary N) is 1. The molecule has 5 heterocycles. The van der Waals surface area contributed by atoms with E-state index < -0.39 is 5.82 Å². The van der Waals surface area contributed by atoms with Gasteiger partial charge < -0.3 is 19.3 Å². The van der Waals surface area contributed by atoms with E-state index in [4.69, 9.17) is 31.2 Å². The van der Waals surface area contributed by atoms with Gasteiger partial charge in [0.1, 0.15) is 12.1 Å². The summed E-state index contributed by atoms with van der Waals surface area (Å²) in [6.07, 6.45) is 9.94. The minimum absolute atomic E-state index is 0.135. The molecule has 0 bridgehead atoms. The number of carbonyl (C=O) groups is 1. The Bertz CT molecular complexity index is 2170. The molecule has 2 aliphatic rings. The van der Waals surface area contributed by atoms with Crippen molar-refractivity contribution in [3.8, 4) is 23.1 Å². The molecule has 0 radical (unpaired) electrons. The van der Waals surface area contributed by atoms with E-state index in [1.807, 2.05) is 24.6 Å². The number of nitriles is 1. The second kappa shape index (κ2) is 14.0. The summed E-state index contributed by atoms with van der Waals surface area (Å²) < 4.78 is 30.6. The van der Waals surface area contributed by atoms with Crippen LogP contribution in [0.25, 0.3) is 43.8 Å². The summed E-state index contributed by atoms with van der Waals surface area (Å²) in [7, 11) is 3.65. The van der Waals surface area contributed by atoms with Gasteiger partial charge in [-0.3, -0.25) is 14.6 Å². The molecular weight excluding hydrogens is 659 g/mol. The first-order valence-electron chi connectivity index (χ1n) is 17.0. The Hall–Kier alpha value is -4.57. The van der Waals surface area contributed by atoms with Gasteiger partial charge in [0.05, 0.1) is 59.0 Å². The number of nitrogens with zero attached hydrogens (tertiary/aromatic N) is 7. The molecule has 260 valence electrons. The fourth-order valence-corrected chi connectivity index (χ4v) is 7.95. The molecule has 0 aliphatic carbocycles. The van der Waals surface area contributed by atoms with Crippen LogP contribution < -0.4 is 4.74 Å². The summed E-state index contributed by atoms with van der Waals surface area (Å²) in [6.45, 7) is 6.09. The number of likely N-dealkylation sites (tertiary alicyclic amines) is 2. The third kappa shape index (κ3) is 5.97. The number of ether oxygens (including phenoxy) is 2. The molecule has 7 rings (SSSR count).